The number of carbonyl (C=O) groups is 1. The van der Waals surface area contributed by atoms with Crippen LogP contribution in [0.3, 0.4) is 0 Å². The summed E-state index contributed by atoms with van der Waals surface area (Å²) < 4.78 is 41.9. The number of aliphatic hydroxyl groups excluding tert-OH is 1. The lowest BCUT2D eigenvalue weighted by Gasteiger charge is -2.25. The minimum absolute atomic E-state index is 0.0351. The fourth-order valence-corrected chi connectivity index (χ4v) is 2.46. The smallest absolute Gasteiger partial charge is 0.415 e. The van der Waals surface area contributed by atoms with E-state index in [0.717, 1.165) is 19.3 Å². The van der Waals surface area contributed by atoms with Gasteiger partial charge in [-0.05, 0) is 39.5 Å². The number of alkyl halides is 3. The summed E-state index contributed by atoms with van der Waals surface area (Å²) in [6, 6.07) is -0.146. The van der Waals surface area contributed by atoms with Crippen LogP contribution in [0.1, 0.15) is 40.0 Å². The molecule has 1 saturated carbocycles. The normalized spacial score (nSPS) is 24.1. The zero-order chi connectivity index (χ0) is 17.0. The highest BCUT2D eigenvalue weighted by molar-refractivity contribution is 5.67. The first kappa shape index (κ1) is 19.0. The minimum Gasteiger partial charge on any atom is -0.444 e. The SMILES string of the molecule is CC(C)(C)OC(=O)NCC1CCCC1NCC(O)C(F)(F)F. The number of halogens is 3. The number of hydrogen-bond donors (Lipinski definition) is 3. The second-order valence-corrected chi connectivity index (χ2v) is 6.65. The molecular formula is C14H25F3N2O3. The molecule has 3 atom stereocenters. The van der Waals surface area contributed by atoms with Crippen molar-refractivity contribution in [2.45, 2.75) is 64.0 Å². The maximum atomic E-state index is 12.3. The van der Waals surface area contributed by atoms with Crippen molar-refractivity contribution in [3.8, 4) is 0 Å². The molecule has 0 heterocycles. The van der Waals surface area contributed by atoms with Crippen LogP contribution in [0.2, 0.25) is 0 Å². The standard InChI is InChI=1S/C14H25F3N2O3/c1-13(2,3)22-12(21)19-7-9-5-4-6-10(9)18-8-11(20)14(15,16)17/h9-11,18,20H,4-8H2,1-3H3,(H,19,21). The molecule has 0 saturated heterocycles. The molecule has 130 valence electrons. The molecule has 0 radical (unpaired) electrons. The summed E-state index contributed by atoms with van der Waals surface area (Å²) in [6.45, 7) is 5.08. The Bertz CT molecular complexity index is 369. The molecule has 0 aromatic carbocycles. The van der Waals surface area contributed by atoms with E-state index in [2.05, 4.69) is 10.6 Å². The number of carbonyl (C=O) groups excluding carboxylic acids is 1. The van der Waals surface area contributed by atoms with Gasteiger partial charge in [0.1, 0.15) is 5.60 Å². The van der Waals surface area contributed by atoms with Crippen molar-refractivity contribution in [3.63, 3.8) is 0 Å². The van der Waals surface area contributed by atoms with Gasteiger partial charge in [0.25, 0.3) is 0 Å². The van der Waals surface area contributed by atoms with E-state index in [-0.39, 0.29) is 12.0 Å². The summed E-state index contributed by atoms with van der Waals surface area (Å²) in [5, 5.41) is 14.4. The topological polar surface area (TPSA) is 70.6 Å². The van der Waals surface area contributed by atoms with E-state index in [1.54, 1.807) is 20.8 Å². The average Bonchev–Trinajstić information content (AvgIpc) is 2.77. The van der Waals surface area contributed by atoms with Gasteiger partial charge in [0, 0.05) is 19.1 Å². The molecule has 0 bridgehead atoms. The summed E-state index contributed by atoms with van der Waals surface area (Å²) in [4.78, 5) is 11.6. The molecule has 1 fully saturated rings. The Morgan fingerprint density at radius 3 is 2.50 bits per heavy atom. The summed E-state index contributed by atoms with van der Waals surface area (Å²) >= 11 is 0. The van der Waals surface area contributed by atoms with Gasteiger partial charge < -0.3 is 20.5 Å². The lowest BCUT2D eigenvalue weighted by Crippen LogP contribution is -2.46. The third kappa shape index (κ3) is 6.83. The van der Waals surface area contributed by atoms with Crippen molar-refractivity contribution in [1.29, 1.82) is 0 Å². The van der Waals surface area contributed by atoms with Gasteiger partial charge in [0.05, 0.1) is 0 Å². The van der Waals surface area contributed by atoms with Crippen molar-refractivity contribution >= 4 is 6.09 Å². The van der Waals surface area contributed by atoms with E-state index in [0.29, 0.717) is 6.54 Å². The summed E-state index contributed by atoms with van der Waals surface area (Å²) in [7, 11) is 0. The molecule has 0 aromatic heterocycles. The molecule has 22 heavy (non-hydrogen) atoms. The van der Waals surface area contributed by atoms with Crippen LogP contribution in [0.5, 0.6) is 0 Å². The van der Waals surface area contributed by atoms with Crippen molar-refractivity contribution < 1.29 is 27.8 Å². The highest BCUT2D eigenvalue weighted by Gasteiger charge is 2.39. The van der Waals surface area contributed by atoms with E-state index >= 15 is 0 Å². The monoisotopic (exact) mass is 326 g/mol. The molecule has 5 nitrogen and oxygen atoms in total. The third-order valence-corrected chi connectivity index (χ3v) is 3.52. The second-order valence-electron chi connectivity index (χ2n) is 6.65. The fraction of sp³-hybridized carbons (Fsp3) is 0.929. The van der Waals surface area contributed by atoms with E-state index < -0.39 is 30.5 Å². The molecule has 1 amide bonds. The molecule has 0 aliphatic heterocycles. The van der Waals surface area contributed by atoms with Gasteiger partial charge >= 0.3 is 12.3 Å². The molecule has 1 aliphatic carbocycles. The zero-order valence-corrected chi connectivity index (χ0v) is 13.2. The summed E-state index contributed by atoms with van der Waals surface area (Å²) in [5.74, 6) is 0.0351. The van der Waals surface area contributed by atoms with Crippen LogP contribution in [-0.4, -0.2) is 48.2 Å². The highest BCUT2D eigenvalue weighted by Crippen LogP contribution is 2.26. The first-order valence-electron chi connectivity index (χ1n) is 7.44. The first-order valence-corrected chi connectivity index (χ1v) is 7.44. The molecule has 0 spiro atoms. The summed E-state index contributed by atoms with van der Waals surface area (Å²) in [5.41, 5.74) is -0.589. The highest BCUT2D eigenvalue weighted by atomic mass is 19.4. The van der Waals surface area contributed by atoms with Crippen LogP contribution in [0.15, 0.2) is 0 Å². The number of alkyl carbamates (subject to hydrolysis) is 1. The third-order valence-electron chi connectivity index (χ3n) is 3.52. The van der Waals surface area contributed by atoms with Crippen LogP contribution in [0, 0.1) is 5.92 Å². The van der Waals surface area contributed by atoms with Gasteiger partial charge in [0.15, 0.2) is 6.10 Å². The lowest BCUT2D eigenvalue weighted by atomic mass is 10.0. The minimum atomic E-state index is -4.62. The Morgan fingerprint density at radius 2 is 1.95 bits per heavy atom. The van der Waals surface area contributed by atoms with E-state index in [4.69, 9.17) is 9.84 Å². The summed E-state index contributed by atoms with van der Waals surface area (Å²) in [6.07, 6.45) is -5.10. The van der Waals surface area contributed by atoms with Crippen LogP contribution in [0.25, 0.3) is 0 Å². The Morgan fingerprint density at radius 1 is 1.32 bits per heavy atom. The first-order chi connectivity index (χ1) is 9.99. The quantitative estimate of drug-likeness (QED) is 0.724. The second kappa shape index (κ2) is 7.50. The van der Waals surface area contributed by atoms with E-state index in [9.17, 15) is 18.0 Å². The fourth-order valence-electron chi connectivity index (χ4n) is 2.46. The predicted molar refractivity (Wildman–Crippen MR) is 75.4 cm³/mol. The zero-order valence-electron chi connectivity index (χ0n) is 13.2. The number of hydrogen-bond acceptors (Lipinski definition) is 4. The molecule has 3 unspecified atom stereocenters. The van der Waals surface area contributed by atoms with Crippen LogP contribution in [0.4, 0.5) is 18.0 Å². The van der Waals surface area contributed by atoms with Crippen molar-refractivity contribution in [2.24, 2.45) is 5.92 Å². The number of rotatable bonds is 5. The van der Waals surface area contributed by atoms with E-state index in [1.165, 1.54) is 0 Å². The molecule has 0 aromatic rings. The van der Waals surface area contributed by atoms with Crippen molar-refractivity contribution in [2.75, 3.05) is 13.1 Å². The average molecular weight is 326 g/mol. The Labute approximate surface area is 128 Å². The largest absolute Gasteiger partial charge is 0.444 e. The Kier molecular flexibility index (Phi) is 6.49. The molecular weight excluding hydrogens is 301 g/mol. The molecule has 8 heteroatoms. The van der Waals surface area contributed by atoms with Crippen LogP contribution < -0.4 is 10.6 Å². The van der Waals surface area contributed by atoms with Crippen LogP contribution in [-0.2, 0) is 4.74 Å². The maximum absolute atomic E-state index is 12.3. The van der Waals surface area contributed by atoms with Gasteiger partial charge in [-0.3, -0.25) is 0 Å². The van der Waals surface area contributed by atoms with Crippen molar-refractivity contribution in [3.05, 3.63) is 0 Å². The lowest BCUT2D eigenvalue weighted by molar-refractivity contribution is -0.202. The molecule has 3 N–H and O–H groups in total. The number of amides is 1. The van der Waals surface area contributed by atoms with Gasteiger partial charge in [-0.1, -0.05) is 6.42 Å². The number of nitrogens with one attached hydrogen (secondary N) is 2. The van der Waals surface area contributed by atoms with Gasteiger partial charge in [-0.25, -0.2) is 4.79 Å². The number of aliphatic hydroxyl groups is 1. The van der Waals surface area contributed by atoms with Gasteiger partial charge in [-0.15, -0.1) is 0 Å². The molecule has 1 rings (SSSR count). The van der Waals surface area contributed by atoms with Gasteiger partial charge in [-0.2, -0.15) is 13.2 Å². The van der Waals surface area contributed by atoms with Crippen molar-refractivity contribution in [1.82, 2.24) is 10.6 Å². The number of ether oxygens (including phenoxy) is 1. The van der Waals surface area contributed by atoms with Gasteiger partial charge in [0.2, 0.25) is 0 Å². The van der Waals surface area contributed by atoms with E-state index in [1.807, 2.05) is 0 Å². The molecule has 1 aliphatic rings. The van der Waals surface area contributed by atoms with Crippen LogP contribution >= 0.6 is 0 Å². The Hall–Kier alpha value is -1.02. The predicted octanol–water partition coefficient (Wildman–Crippen LogP) is 2.19. The Balaban J connectivity index is 2.36. The maximum Gasteiger partial charge on any atom is 0.415 e.